The lowest BCUT2D eigenvalue weighted by Crippen LogP contribution is -2.51. The minimum atomic E-state index is -1.97. The number of hydrogen-bond acceptors (Lipinski definition) is 1. The van der Waals surface area contributed by atoms with Crippen molar-refractivity contribution in [1.29, 1.82) is 5.26 Å². The van der Waals surface area contributed by atoms with Gasteiger partial charge in [0.25, 0.3) is 0 Å². The van der Waals surface area contributed by atoms with Crippen LogP contribution in [0.1, 0.15) is 11.1 Å². The van der Waals surface area contributed by atoms with Gasteiger partial charge in [-0.05, 0) is 57.2 Å². The molecule has 0 N–H and O–H groups in total. The SMILES string of the molecule is Cc1ccc2c(c1-c1cc(-c3ccccc3)cc[n+]1C)[Si](C)(C)c1cc(C#N)ccc1-2. The maximum atomic E-state index is 9.47. The standard InChI is InChI=1S/C28H25N2Si/c1-19-10-12-24-23-13-11-20(18-29)16-26(23)31(3,4)28(24)27(19)25-17-22(14-15-30(25)2)21-8-6-5-7-9-21/h5-17H,1-4H3/q+1. The smallest absolute Gasteiger partial charge is 0.201 e. The van der Waals surface area contributed by atoms with E-state index in [-0.39, 0.29) is 0 Å². The zero-order valence-corrected chi connectivity index (χ0v) is 19.4. The van der Waals surface area contributed by atoms with E-state index in [0.29, 0.717) is 0 Å². The summed E-state index contributed by atoms with van der Waals surface area (Å²) in [6.45, 7) is 7.06. The number of aryl methyl sites for hydroxylation is 2. The summed E-state index contributed by atoms with van der Waals surface area (Å²) in [5.74, 6) is 0. The molecule has 150 valence electrons. The summed E-state index contributed by atoms with van der Waals surface area (Å²) in [7, 11) is 0.160. The summed E-state index contributed by atoms with van der Waals surface area (Å²) >= 11 is 0. The quantitative estimate of drug-likeness (QED) is 0.339. The molecule has 1 aliphatic heterocycles. The molecule has 2 nitrogen and oxygen atoms in total. The van der Waals surface area contributed by atoms with E-state index in [1.807, 2.05) is 6.07 Å². The first-order valence-corrected chi connectivity index (χ1v) is 13.7. The molecule has 4 aromatic rings. The lowest BCUT2D eigenvalue weighted by molar-refractivity contribution is -0.660. The summed E-state index contributed by atoms with van der Waals surface area (Å²) < 4.78 is 2.24. The van der Waals surface area contributed by atoms with Crippen LogP contribution in [-0.4, -0.2) is 8.07 Å². The van der Waals surface area contributed by atoms with E-state index >= 15 is 0 Å². The molecule has 3 aromatic carbocycles. The number of nitrogens with zero attached hydrogens (tertiary/aromatic N) is 2. The van der Waals surface area contributed by atoms with Gasteiger partial charge in [-0.1, -0.05) is 61.6 Å². The van der Waals surface area contributed by atoms with Gasteiger partial charge in [-0.15, -0.1) is 0 Å². The Labute approximate surface area is 185 Å². The van der Waals surface area contributed by atoms with Gasteiger partial charge in [-0.2, -0.15) is 5.26 Å². The number of aromatic nitrogens is 1. The third kappa shape index (κ3) is 2.95. The van der Waals surface area contributed by atoms with Crippen molar-refractivity contribution in [2.45, 2.75) is 20.0 Å². The first-order chi connectivity index (χ1) is 14.9. The molecule has 0 saturated carbocycles. The average molecular weight is 418 g/mol. The Hall–Kier alpha value is -3.48. The molecular weight excluding hydrogens is 392 g/mol. The largest absolute Gasteiger partial charge is 0.213 e. The molecule has 0 unspecified atom stereocenters. The fourth-order valence-electron chi connectivity index (χ4n) is 5.04. The van der Waals surface area contributed by atoms with Crippen LogP contribution in [0.2, 0.25) is 13.1 Å². The lowest BCUT2D eigenvalue weighted by Gasteiger charge is -2.22. The number of hydrogen-bond donors (Lipinski definition) is 0. The molecule has 0 saturated heterocycles. The van der Waals surface area contributed by atoms with Crippen LogP contribution >= 0.6 is 0 Å². The molecule has 0 aliphatic carbocycles. The van der Waals surface area contributed by atoms with E-state index < -0.39 is 8.07 Å². The van der Waals surface area contributed by atoms with Gasteiger partial charge in [0.15, 0.2) is 6.20 Å². The number of fused-ring (bicyclic) bond motifs is 3. The van der Waals surface area contributed by atoms with E-state index in [2.05, 4.69) is 111 Å². The molecule has 0 fully saturated rings. The number of nitriles is 1. The maximum absolute atomic E-state index is 9.47. The van der Waals surface area contributed by atoms with Gasteiger partial charge < -0.3 is 0 Å². The number of benzene rings is 3. The Morgan fingerprint density at radius 2 is 1.58 bits per heavy atom. The van der Waals surface area contributed by atoms with Gasteiger partial charge in [0.1, 0.15) is 15.1 Å². The molecule has 0 atom stereocenters. The molecule has 0 radical (unpaired) electrons. The van der Waals surface area contributed by atoms with Crippen LogP contribution in [0, 0.1) is 18.3 Å². The van der Waals surface area contributed by atoms with E-state index in [4.69, 9.17) is 0 Å². The van der Waals surface area contributed by atoms with Gasteiger partial charge in [0.2, 0.25) is 5.69 Å². The molecule has 5 rings (SSSR count). The highest BCUT2D eigenvalue weighted by atomic mass is 28.3. The summed E-state index contributed by atoms with van der Waals surface area (Å²) in [4.78, 5) is 0. The van der Waals surface area contributed by atoms with E-state index in [1.54, 1.807) is 0 Å². The third-order valence-corrected chi connectivity index (χ3v) is 10.2. The Morgan fingerprint density at radius 3 is 2.32 bits per heavy atom. The molecule has 0 bridgehead atoms. The highest BCUT2D eigenvalue weighted by molar-refractivity contribution is 7.04. The maximum Gasteiger partial charge on any atom is 0.213 e. The Bertz CT molecular complexity index is 1380. The van der Waals surface area contributed by atoms with Crippen molar-refractivity contribution in [3.05, 3.63) is 90.1 Å². The van der Waals surface area contributed by atoms with Crippen LogP contribution in [-0.2, 0) is 7.05 Å². The summed E-state index contributed by atoms with van der Waals surface area (Å²) in [5, 5.41) is 12.3. The Morgan fingerprint density at radius 1 is 0.839 bits per heavy atom. The van der Waals surface area contributed by atoms with E-state index in [1.165, 1.54) is 49.4 Å². The van der Waals surface area contributed by atoms with Crippen LogP contribution in [0.25, 0.3) is 33.5 Å². The van der Waals surface area contributed by atoms with Crippen molar-refractivity contribution in [2.75, 3.05) is 0 Å². The monoisotopic (exact) mass is 417 g/mol. The van der Waals surface area contributed by atoms with Crippen molar-refractivity contribution in [2.24, 2.45) is 7.05 Å². The number of pyridine rings is 1. The normalized spacial score (nSPS) is 13.4. The fourth-order valence-corrected chi connectivity index (χ4v) is 8.56. The zero-order valence-electron chi connectivity index (χ0n) is 18.4. The molecule has 31 heavy (non-hydrogen) atoms. The van der Waals surface area contributed by atoms with Gasteiger partial charge in [-0.3, -0.25) is 0 Å². The average Bonchev–Trinajstić information content (AvgIpc) is 3.01. The van der Waals surface area contributed by atoms with Gasteiger partial charge in [-0.25, -0.2) is 4.57 Å². The fraction of sp³-hybridized carbons (Fsp3) is 0.143. The van der Waals surface area contributed by atoms with E-state index in [9.17, 15) is 5.26 Å². The molecular formula is C28H25N2Si+. The predicted octanol–water partition coefficient (Wildman–Crippen LogP) is 4.83. The van der Waals surface area contributed by atoms with Crippen molar-refractivity contribution in [1.82, 2.24) is 0 Å². The second kappa shape index (κ2) is 7.04. The first kappa shape index (κ1) is 19.5. The minimum absolute atomic E-state index is 0.752. The van der Waals surface area contributed by atoms with Crippen LogP contribution in [0.4, 0.5) is 0 Å². The van der Waals surface area contributed by atoms with Gasteiger partial charge in [0, 0.05) is 17.7 Å². The Kier molecular flexibility index (Phi) is 4.42. The molecule has 0 spiro atoms. The second-order valence-corrected chi connectivity index (χ2v) is 13.2. The summed E-state index contributed by atoms with van der Waals surface area (Å²) in [6, 6.07) is 28.2. The summed E-state index contributed by atoms with van der Waals surface area (Å²) in [5.41, 5.74) is 9.74. The first-order valence-electron chi connectivity index (χ1n) is 10.7. The molecule has 1 aromatic heterocycles. The van der Waals surface area contributed by atoms with Crippen LogP contribution < -0.4 is 14.9 Å². The van der Waals surface area contributed by atoms with Gasteiger partial charge >= 0.3 is 0 Å². The van der Waals surface area contributed by atoms with Gasteiger partial charge in [0.05, 0.1) is 11.6 Å². The minimum Gasteiger partial charge on any atom is -0.201 e. The molecule has 2 heterocycles. The van der Waals surface area contributed by atoms with Crippen molar-refractivity contribution in [3.63, 3.8) is 0 Å². The molecule has 3 heteroatoms. The van der Waals surface area contributed by atoms with Crippen molar-refractivity contribution >= 4 is 18.4 Å². The van der Waals surface area contributed by atoms with Crippen LogP contribution in [0.5, 0.6) is 0 Å². The van der Waals surface area contributed by atoms with Crippen LogP contribution in [0.3, 0.4) is 0 Å². The lowest BCUT2D eigenvalue weighted by atomic mass is 9.95. The van der Waals surface area contributed by atoms with E-state index in [0.717, 1.165) is 5.56 Å². The van der Waals surface area contributed by atoms with Crippen molar-refractivity contribution in [3.8, 4) is 39.6 Å². The zero-order chi connectivity index (χ0) is 21.8. The van der Waals surface area contributed by atoms with Crippen molar-refractivity contribution < 1.29 is 4.57 Å². The topological polar surface area (TPSA) is 27.7 Å². The molecule has 0 amide bonds. The second-order valence-electron chi connectivity index (χ2n) is 8.95. The highest BCUT2D eigenvalue weighted by Crippen LogP contribution is 2.35. The Balaban J connectivity index is 1.79. The number of rotatable bonds is 2. The molecule has 1 aliphatic rings. The predicted molar refractivity (Wildman–Crippen MR) is 130 cm³/mol. The third-order valence-electron chi connectivity index (χ3n) is 6.66. The van der Waals surface area contributed by atoms with Crippen LogP contribution in [0.15, 0.2) is 79.0 Å². The summed E-state index contributed by atoms with van der Waals surface area (Å²) in [6.07, 6.45) is 2.17. The highest BCUT2D eigenvalue weighted by Gasteiger charge is 2.41.